The molecule has 0 fully saturated rings. The molecule has 0 aliphatic rings. The van der Waals surface area contributed by atoms with Crippen LogP contribution in [0.5, 0.6) is 0 Å². The summed E-state index contributed by atoms with van der Waals surface area (Å²) in [6.45, 7) is 1.24. The molecule has 1 amide bonds. The van der Waals surface area contributed by atoms with Gasteiger partial charge >= 0.3 is 0 Å². The predicted octanol–water partition coefficient (Wildman–Crippen LogP) is 5.54. The summed E-state index contributed by atoms with van der Waals surface area (Å²) in [5.74, 6) is -0.555. The molecule has 0 saturated carbocycles. The molecular formula is C22H16ClF2N5O3. The van der Waals surface area contributed by atoms with Gasteiger partial charge in [-0.1, -0.05) is 41.9 Å². The molecule has 0 atom stereocenters. The number of amides is 1. The lowest BCUT2D eigenvalue weighted by molar-refractivity contribution is -0.384. The number of aromatic nitrogens is 3. The van der Waals surface area contributed by atoms with E-state index in [0.29, 0.717) is 17.0 Å². The maximum absolute atomic E-state index is 13.9. The number of aryl methyl sites for hydroxylation is 1. The molecule has 8 nitrogen and oxygen atoms in total. The number of nitrogens with zero attached hydrogens (tertiary/aromatic N) is 4. The zero-order valence-electron chi connectivity index (χ0n) is 17.1. The minimum absolute atomic E-state index is 0.0106. The highest BCUT2D eigenvalue weighted by Crippen LogP contribution is 2.33. The number of hydrogen-bond acceptors (Lipinski definition) is 5. The Morgan fingerprint density at radius 2 is 1.94 bits per heavy atom. The third kappa shape index (κ3) is 4.51. The Hall–Kier alpha value is -3.92. The van der Waals surface area contributed by atoms with Gasteiger partial charge in [-0.25, -0.2) is 18.4 Å². The normalized spacial score (nSPS) is 11.2. The van der Waals surface area contributed by atoms with Crippen molar-refractivity contribution in [1.82, 2.24) is 14.8 Å². The van der Waals surface area contributed by atoms with Crippen LogP contribution in [-0.2, 0) is 11.3 Å². The van der Waals surface area contributed by atoms with Gasteiger partial charge in [0, 0.05) is 23.3 Å². The first-order valence-electron chi connectivity index (χ1n) is 9.70. The van der Waals surface area contributed by atoms with Gasteiger partial charge in [-0.15, -0.1) is 0 Å². The number of carbonyl (C=O) groups excluding carboxylic acids is 1. The second-order valence-corrected chi connectivity index (χ2v) is 7.58. The summed E-state index contributed by atoms with van der Waals surface area (Å²) >= 11 is 6.03. The van der Waals surface area contributed by atoms with Crippen LogP contribution in [-0.4, -0.2) is 25.6 Å². The van der Waals surface area contributed by atoms with Gasteiger partial charge < -0.3 is 5.32 Å². The number of halogens is 3. The molecule has 11 heteroatoms. The lowest BCUT2D eigenvalue weighted by Gasteiger charge is -2.10. The molecule has 2 heterocycles. The van der Waals surface area contributed by atoms with E-state index in [0.717, 1.165) is 6.07 Å². The minimum Gasteiger partial charge on any atom is -0.323 e. The summed E-state index contributed by atoms with van der Waals surface area (Å²) in [5.41, 5.74) is 1.17. The van der Waals surface area contributed by atoms with E-state index in [4.69, 9.17) is 11.6 Å². The first-order chi connectivity index (χ1) is 15.7. The molecule has 2 aromatic heterocycles. The van der Waals surface area contributed by atoms with E-state index in [-0.39, 0.29) is 39.5 Å². The number of pyridine rings is 1. The maximum Gasteiger partial charge on any atom is 0.271 e. The molecule has 168 valence electrons. The van der Waals surface area contributed by atoms with E-state index >= 15 is 0 Å². The van der Waals surface area contributed by atoms with Crippen molar-refractivity contribution in [2.24, 2.45) is 0 Å². The summed E-state index contributed by atoms with van der Waals surface area (Å²) < 4.78 is 29.0. The molecule has 1 N–H and O–H groups in total. The maximum atomic E-state index is 13.9. The van der Waals surface area contributed by atoms with Crippen molar-refractivity contribution in [2.75, 3.05) is 5.32 Å². The first kappa shape index (κ1) is 22.3. The molecule has 4 aromatic rings. The van der Waals surface area contributed by atoms with Crippen LogP contribution in [0.3, 0.4) is 0 Å². The number of nitro benzene ring substituents is 1. The van der Waals surface area contributed by atoms with Crippen molar-refractivity contribution in [3.05, 3.63) is 81.0 Å². The van der Waals surface area contributed by atoms with Crippen LogP contribution in [0.25, 0.3) is 22.3 Å². The molecule has 0 aliphatic carbocycles. The number of nitro groups is 1. The second kappa shape index (κ2) is 8.91. The van der Waals surface area contributed by atoms with Crippen LogP contribution >= 0.6 is 11.6 Å². The number of hydrogen-bond donors (Lipinski definition) is 1. The highest BCUT2D eigenvalue weighted by atomic mass is 35.5. The molecule has 2 aromatic carbocycles. The molecule has 0 bridgehead atoms. The van der Waals surface area contributed by atoms with Crippen LogP contribution in [0.4, 0.5) is 20.2 Å². The highest BCUT2D eigenvalue weighted by molar-refractivity contribution is 6.33. The van der Waals surface area contributed by atoms with Crippen molar-refractivity contribution in [1.29, 1.82) is 0 Å². The molecule has 4 rings (SSSR count). The summed E-state index contributed by atoms with van der Waals surface area (Å²) in [7, 11) is 0. The number of nitrogens with one attached hydrogen (secondary N) is 1. The second-order valence-electron chi connectivity index (χ2n) is 7.17. The molecule has 0 unspecified atom stereocenters. The van der Waals surface area contributed by atoms with Crippen LogP contribution in [0, 0.1) is 17.0 Å². The molecule has 0 spiro atoms. The van der Waals surface area contributed by atoms with Crippen molar-refractivity contribution in [2.45, 2.75) is 19.9 Å². The van der Waals surface area contributed by atoms with Gasteiger partial charge in [0.1, 0.15) is 6.54 Å². The molecule has 0 radical (unpaired) electrons. The van der Waals surface area contributed by atoms with Crippen molar-refractivity contribution in [3.63, 3.8) is 0 Å². The number of anilines is 1. The smallest absolute Gasteiger partial charge is 0.271 e. The van der Waals surface area contributed by atoms with Gasteiger partial charge in [-0.3, -0.25) is 14.9 Å². The monoisotopic (exact) mass is 471 g/mol. The topological polar surface area (TPSA) is 103 Å². The Morgan fingerprint density at radius 1 is 1.21 bits per heavy atom. The Bertz CT molecular complexity index is 1380. The van der Waals surface area contributed by atoms with Gasteiger partial charge in [0.2, 0.25) is 5.91 Å². The van der Waals surface area contributed by atoms with Gasteiger partial charge in [0.15, 0.2) is 5.65 Å². The zero-order valence-corrected chi connectivity index (χ0v) is 17.9. The first-order valence-corrected chi connectivity index (χ1v) is 10.1. The number of rotatable bonds is 6. The van der Waals surface area contributed by atoms with E-state index in [9.17, 15) is 23.7 Å². The SMILES string of the molecule is Cc1nn(CC(=O)Nc2ccc([N+](=O)[O-])cc2Cl)c2nc(-c3ccccc3)cc(C(F)F)c12. The summed E-state index contributed by atoms with van der Waals surface area (Å²) in [5, 5.41) is 17.8. The summed E-state index contributed by atoms with van der Waals surface area (Å²) in [4.78, 5) is 27.4. The highest BCUT2D eigenvalue weighted by Gasteiger charge is 2.22. The average Bonchev–Trinajstić information content (AvgIpc) is 3.10. The van der Waals surface area contributed by atoms with Crippen LogP contribution in [0.15, 0.2) is 54.6 Å². The van der Waals surface area contributed by atoms with E-state index in [2.05, 4.69) is 15.4 Å². The minimum atomic E-state index is -2.76. The van der Waals surface area contributed by atoms with Crippen molar-refractivity contribution < 1.29 is 18.5 Å². The summed E-state index contributed by atoms with van der Waals surface area (Å²) in [6.07, 6.45) is -2.76. The van der Waals surface area contributed by atoms with Gasteiger partial charge in [-0.2, -0.15) is 5.10 Å². The number of alkyl halides is 2. The van der Waals surface area contributed by atoms with Gasteiger partial charge in [0.25, 0.3) is 12.1 Å². The van der Waals surface area contributed by atoms with Crippen LogP contribution in [0.2, 0.25) is 5.02 Å². The fraction of sp³-hybridized carbons (Fsp3) is 0.136. The standard InChI is InChI=1S/C22H16ClF2N5O3/c1-12-20-15(21(24)25)10-18(13-5-3-2-4-6-13)27-22(20)29(28-12)11-19(31)26-17-8-7-14(30(32)33)9-16(17)23/h2-10,21H,11H2,1H3,(H,26,31). The van der Waals surface area contributed by atoms with Crippen molar-refractivity contribution >= 4 is 39.9 Å². The zero-order chi connectivity index (χ0) is 23.7. The lowest BCUT2D eigenvalue weighted by atomic mass is 10.1. The lowest BCUT2D eigenvalue weighted by Crippen LogP contribution is -2.20. The Balaban J connectivity index is 1.70. The van der Waals surface area contributed by atoms with Gasteiger partial charge in [-0.05, 0) is 19.1 Å². The quantitative estimate of drug-likeness (QED) is 0.293. The fourth-order valence-corrected chi connectivity index (χ4v) is 3.69. The summed E-state index contributed by atoms with van der Waals surface area (Å²) in [6, 6.07) is 13.8. The number of carbonyl (C=O) groups is 1. The molecule has 0 saturated heterocycles. The molecule has 33 heavy (non-hydrogen) atoms. The van der Waals surface area contributed by atoms with Gasteiger partial charge in [0.05, 0.1) is 32.4 Å². The van der Waals surface area contributed by atoms with Crippen LogP contribution in [0.1, 0.15) is 17.7 Å². The average molecular weight is 472 g/mol. The molecular weight excluding hydrogens is 456 g/mol. The fourth-order valence-electron chi connectivity index (χ4n) is 3.47. The molecule has 0 aliphatic heterocycles. The third-order valence-corrected chi connectivity index (χ3v) is 5.26. The Labute approximate surface area is 191 Å². The third-order valence-electron chi connectivity index (χ3n) is 4.94. The largest absolute Gasteiger partial charge is 0.323 e. The van der Waals surface area contributed by atoms with E-state index in [1.54, 1.807) is 37.3 Å². The Morgan fingerprint density at radius 3 is 2.58 bits per heavy atom. The van der Waals surface area contributed by atoms with E-state index in [1.165, 1.54) is 22.9 Å². The Kier molecular flexibility index (Phi) is 6.01. The van der Waals surface area contributed by atoms with E-state index < -0.39 is 17.3 Å². The number of non-ortho nitro benzene ring substituents is 1. The van der Waals surface area contributed by atoms with Crippen molar-refractivity contribution in [3.8, 4) is 11.3 Å². The number of benzene rings is 2. The van der Waals surface area contributed by atoms with Crippen LogP contribution < -0.4 is 5.32 Å². The predicted molar refractivity (Wildman–Crippen MR) is 119 cm³/mol. The van der Waals surface area contributed by atoms with E-state index in [1.807, 2.05) is 0 Å². The number of fused-ring (bicyclic) bond motifs is 1.